The Bertz CT molecular complexity index is 397. The number of nitrogens with one attached hydrogen (secondary N) is 1. The maximum absolute atomic E-state index is 11.9. The predicted octanol–water partition coefficient (Wildman–Crippen LogP) is 2.10. The number of halogens is 1. The molecule has 1 N–H and O–H groups in total. The predicted molar refractivity (Wildman–Crippen MR) is 61.4 cm³/mol. The van der Waals surface area contributed by atoms with Crippen LogP contribution < -0.4 is 5.32 Å². The molecule has 2 heterocycles. The normalized spacial score (nSPS) is 24.4. The Hall–Kier alpha value is -1.13. The second-order valence-electron chi connectivity index (χ2n) is 3.83. The monoisotopic (exact) mass is 240 g/mol. The van der Waals surface area contributed by atoms with Crippen LogP contribution in [0.3, 0.4) is 0 Å². The van der Waals surface area contributed by atoms with E-state index >= 15 is 0 Å². The highest BCUT2D eigenvalue weighted by atomic mass is 35.5. The third-order valence-corrected chi connectivity index (χ3v) is 2.91. The van der Waals surface area contributed by atoms with Crippen LogP contribution in [-0.2, 0) is 9.53 Å². The summed E-state index contributed by atoms with van der Waals surface area (Å²) in [5, 5.41) is 3.18. The van der Waals surface area contributed by atoms with E-state index in [1.54, 1.807) is 18.3 Å². The molecule has 1 aliphatic heterocycles. The molecule has 0 aliphatic carbocycles. The Morgan fingerprint density at radius 3 is 3.12 bits per heavy atom. The van der Waals surface area contributed by atoms with Crippen molar-refractivity contribution in [1.29, 1.82) is 0 Å². The van der Waals surface area contributed by atoms with Gasteiger partial charge < -0.3 is 10.1 Å². The Morgan fingerprint density at radius 2 is 2.50 bits per heavy atom. The van der Waals surface area contributed by atoms with Crippen molar-refractivity contribution >= 4 is 23.2 Å². The third kappa shape index (κ3) is 2.51. The minimum absolute atomic E-state index is 0.0164. The first kappa shape index (κ1) is 11.4. The van der Waals surface area contributed by atoms with Gasteiger partial charge in [-0.05, 0) is 25.5 Å². The molecule has 5 heteroatoms. The van der Waals surface area contributed by atoms with Crippen LogP contribution in [0.4, 0.5) is 5.69 Å². The number of hydrogen-bond donors (Lipinski definition) is 1. The number of amides is 1. The lowest BCUT2D eigenvalue weighted by Crippen LogP contribution is -2.27. The molecule has 0 spiro atoms. The standard InChI is InChI=1S/C11H13ClN2O2/c1-7-9(3-5-16-7)11(15)14-8-2-4-13-10(12)6-8/h2,4,6-7,9H,3,5H2,1H3,(H,13,14,15). The minimum Gasteiger partial charge on any atom is -0.378 e. The van der Waals surface area contributed by atoms with Crippen molar-refractivity contribution in [3.8, 4) is 0 Å². The molecule has 1 aromatic rings. The van der Waals surface area contributed by atoms with Crippen molar-refractivity contribution in [1.82, 2.24) is 4.98 Å². The Balaban J connectivity index is 2.02. The van der Waals surface area contributed by atoms with Crippen LogP contribution >= 0.6 is 11.6 Å². The fraction of sp³-hybridized carbons (Fsp3) is 0.455. The molecule has 2 rings (SSSR count). The molecule has 1 aliphatic rings. The van der Waals surface area contributed by atoms with Gasteiger partial charge in [0.15, 0.2) is 0 Å². The Morgan fingerprint density at radius 1 is 1.69 bits per heavy atom. The fourth-order valence-corrected chi connectivity index (χ4v) is 1.97. The number of anilines is 1. The number of carbonyl (C=O) groups excluding carboxylic acids is 1. The van der Waals surface area contributed by atoms with Gasteiger partial charge in [0.1, 0.15) is 5.15 Å². The summed E-state index contributed by atoms with van der Waals surface area (Å²) < 4.78 is 5.35. The van der Waals surface area contributed by atoms with Crippen molar-refractivity contribution in [3.05, 3.63) is 23.5 Å². The van der Waals surface area contributed by atoms with E-state index in [0.29, 0.717) is 17.4 Å². The molecule has 2 atom stereocenters. The smallest absolute Gasteiger partial charge is 0.230 e. The molecule has 0 bridgehead atoms. The highest BCUT2D eigenvalue weighted by molar-refractivity contribution is 6.29. The average Bonchev–Trinajstić information content (AvgIpc) is 2.64. The molecule has 86 valence electrons. The summed E-state index contributed by atoms with van der Waals surface area (Å²) in [6.07, 6.45) is 2.32. The Labute approximate surface area is 99.0 Å². The number of nitrogens with zero attached hydrogens (tertiary/aromatic N) is 1. The van der Waals surface area contributed by atoms with Crippen LogP contribution in [0, 0.1) is 5.92 Å². The van der Waals surface area contributed by atoms with Gasteiger partial charge >= 0.3 is 0 Å². The van der Waals surface area contributed by atoms with Gasteiger partial charge in [0, 0.05) is 18.5 Å². The van der Waals surface area contributed by atoms with Crippen molar-refractivity contribution in [2.24, 2.45) is 5.92 Å². The molecule has 4 nitrogen and oxygen atoms in total. The second kappa shape index (κ2) is 4.80. The van der Waals surface area contributed by atoms with Crippen LogP contribution in [0.2, 0.25) is 5.15 Å². The summed E-state index contributed by atoms with van der Waals surface area (Å²) in [4.78, 5) is 15.7. The number of aromatic nitrogens is 1. The number of carbonyl (C=O) groups is 1. The van der Waals surface area contributed by atoms with Gasteiger partial charge in [-0.3, -0.25) is 4.79 Å². The molecule has 0 saturated carbocycles. The molecule has 1 saturated heterocycles. The maximum Gasteiger partial charge on any atom is 0.230 e. The van der Waals surface area contributed by atoms with E-state index in [9.17, 15) is 4.79 Å². The molecule has 1 amide bonds. The fourth-order valence-electron chi connectivity index (χ4n) is 1.79. The maximum atomic E-state index is 11.9. The number of ether oxygens (including phenoxy) is 1. The van der Waals surface area contributed by atoms with Crippen molar-refractivity contribution < 1.29 is 9.53 Å². The lowest BCUT2D eigenvalue weighted by molar-refractivity contribution is -0.121. The summed E-state index contributed by atoms with van der Waals surface area (Å²) in [7, 11) is 0. The Kier molecular flexibility index (Phi) is 3.41. The van der Waals surface area contributed by atoms with E-state index < -0.39 is 0 Å². The third-order valence-electron chi connectivity index (χ3n) is 2.71. The van der Waals surface area contributed by atoms with E-state index in [0.717, 1.165) is 6.42 Å². The molecule has 2 unspecified atom stereocenters. The molecule has 0 aromatic carbocycles. The number of rotatable bonds is 2. The minimum atomic E-state index is -0.0769. The summed E-state index contributed by atoms with van der Waals surface area (Å²) in [5.41, 5.74) is 0.670. The van der Waals surface area contributed by atoms with Gasteiger partial charge in [0.25, 0.3) is 0 Å². The molecular weight excluding hydrogens is 228 g/mol. The number of hydrogen-bond acceptors (Lipinski definition) is 3. The van der Waals surface area contributed by atoms with Crippen molar-refractivity contribution in [3.63, 3.8) is 0 Å². The number of pyridine rings is 1. The quantitative estimate of drug-likeness (QED) is 0.806. The van der Waals surface area contributed by atoms with Crippen LogP contribution in [0.5, 0.6) is 0 Å². The van der Waals surface area contributed by atoms with Gasteiger partial charge in [0.2, 0.25) is 5.91 Å². The van der Waals surface area contributed by atoms with Crippen LogP contribution in [0.25, 0.3) is 0 Å². The van der Waals surface area contributed by atoms with E-state index in [2.05, 4.69) is 10.3 Å². The summed E-state index contributed by atoms with van der Waals surface area (Å²) in [5.74, 6) is -0.0980. The van der Waals surface area contributed by atoms with Gasteiger partial charge in [0.05, 0.1) is 12.0 Å². The first-order chi connectivity index (χ1) is 7.66. The van der Waals surface area contributed by atoms with Gasteiger partial charge in [-0.25, -0.2) is 4.98 Å². The van der Waals surface area contributed by atoms with E-state index in [1.807, 2.05) is 6.92 Å². The summed E-state index contributed by atoms with van der Waals surface area (Å²) in [6.45, 7) is 2.56. The van der Waals surface area contributed by atoms with Crippen LogP contribution in [0.1, 0.15) is 13.3 Å². The topological polar surface area (TPSA) is 51.2 Å². The molecular formula is C11H13ClN2O2. The van der Waals surface area contributed by atoms with E-state index in [-0.39, 0.29) is 17.9 Å². The van der Waals surface area contributed by atoms with Gasteiger partial charge in [-0.2, -0.15) is 0 Å². The van der Waals surface area contributed by atoms with E-state index in [4.69, 9.17) is 16.3 Å². The van der Waals surface area contributed by atoms with Gasteiger partial charge in [-0.15, -0.1) is 0 Å². The van der Waals surface area contributed by atoms with Gasteiger partial charge in [-0.1, -0.05) is 11.6 Å². The highest BCUT2D eigenvalue weighted by Gasteiger charge is 2.30. The highest BCUT2D eigenvalue weighted by Crippen LogP contribution is 2.22. The first-order valence-electron chi connectivity index (χ1n) is 5.21. The molecule has 16 heavy (non-hydrogen) atoms. The molecule has 1 aromatic heterocycles. The lowest BCUT2D eigenvalue weighted by atomic mass is 10.0. The SMILES string of the molecule is CC1OCCC1C(=O)Nc1ccnc(Cl)c1. The van der Waals surface area contributed by atoms with Crippen molar-refractivity contribution in [2.75, 3.05) is 11.9 Å². The summed E-state index contributed by atoms with van der Waals surface area (Å²) in [6, 6.07) is 3.34. The first-order valence-corrected chi connectivity index (χ1v) is 5.58. The van der Waals surface area contributed by atoms with Crippen molar-refractivity contribution in [2.45, 2.75) is 19.4 Å². The molecule has 1 fully saturated rings. The van der Waals surface area contributed by atoms with Crippen LogP contribution in [-0.4, -0.2) is 23.6 Å². The second-order valence-corrected chi connectivity index (χ2v) is 4.21. The summed E-state index contributed by atoms with van der Waals surface area (Å²) >= 11 is 5.73. The largest absolute Gasteiger partial charge is 0.378 e. The average molecular weight is 241 g/mol. The van der Waals surface area contributed by atoms with E-state index in [1.165, 1.54) is 0 Å². The zero-order chi connectivity index (χ0) is 11.5. The zero-order valence-electron chi connectivity index (χ0n) is 8.94. The van der Waals surface area contributed by atoms with Crippen LogP contribution in [0.15, 0.2) is 18.3 Å². The molecule has 0 radical (unpaired) electrons. The lowest BCUT2D eigenvalue weighted by Gasteiger charge is -2.13. The zero-order valence-corrected chi connectivity index (χ0v) is 9.70.